The number of aryl methyl sites for hydroxylation is 1. The van der Waals surface area contributed by atoms with Crippen LogP contribution in [0.25, 0.3) is 0 Å². The second kappa shape index (κ2) is 24.6. The minimum atomic E-state index is 0.0401. The molecule has 0 aliphatic carbocycles. The topological polar surface area (TPSA) is 75.6 Å². The molecule has 0 saturated heterocycles. The third-order valence-corrected chi connectivity index (χ3v) is 4.69. The molecule has 1 N–H and O–H groups in total. The van der Waals surface area contributed by atoms with Crippen molar-refractivity contribution in [2.24, 2.45) is 0 Å². The standard InChI is InChI=1S/C25H44O7/c26-12-14-28-16-18-30-20-22-32-24-23-31-21-19-29-17-15-27-13-8-3-1-2-5-9-25-10-6-4-7-11-25/h4,6-7,10-11,26H,1-3,5,8-9,12-24H2. The van der Waals surface area contributed by atoms with Crippen LogP contribution in [0.2, 0.25) is 0 Å². The smallest absolute Gasteiger partial charge is 0.0701 e. The van der Waals surface area contributed by atoms with Crippen LogP contribution in [0.15, 0.2) is 30.3 Å². The molecular weight excluding hydrogens is 412 g/mol. The minimum Gasteiger partial charge on any atom is -0.394 e. The highest BCUT2D eigenvalue weighted by atomic mass is 16.6. The fourth-order valence-corrected chi connectivity index (χ4v) is 2.97. The molecule has 7 nitrogen and oxygen atoms in total. The largest absolute Gasteiger partial charge is 0.394 e. The second-order valence-electron chi connectivity index (χ2n) is 7.40. The molecule has 1 aromatic rings. The highest BCUT2D eigenvalue weighted by Crippen LogP contribution is 2.08. The van der Waals surface area contributed by atoms with E-state index in [2.05, 4.69) is 30.3 Å². The van der Waals surface area contributed by atoms with E-state index in [1.54, 1.807) is 0 Å². The number of hydrogen-bond donors (Lipinski definition) is 1. The lowest BCUT2D eigenvalue weighted by Gasteiger charge is -2.08. The van der Waals surface area contributed by atoms with Crippen LogP contribution in [-0.4, -0.2) is 91.0 Å². The van der Waals surface area contributed by atoms with Crippen molar-refractivity contribution in [3.8, 4) is 0 Å². The molecule has 0 saturated carbocycles. The van der Waals surface area contributed by atoms with Gasteiger partial charge in [-0.2, -0.15) is 0 Å². The number of hydrogen-bond acceptors (Lipinski definition) is 7. The van der Waals surface area contributed by atoms with Gasteiger partial charge in [0.2, 0.25) is 0 Å². The second-order valence-corrected chi connectivity index (χ2v) is 7.40. The average molecular weight is 457 g/mol. The molecule has 0 radical (unpaired) electrons. The van der Waals surface area contributed by atoms with Gasteiger partial charge in [0.1, 0.15) is 0 Å². The van der Waals surface area contributed by atoms with E-state index in [-0.39, 0.29) is 6.61 Å². The van der Waals surface area contributed by atoms with Gasteiger partial charge in [-0.3, -0.25) is 0 Å². The van der Waals surface area contributed by atoms with Crippen molar-refractivity contribution in [2.45, 2.75) is 38.5 Å². The van der Waals surface area contributed by atoms with Gasteiger partial charge in [0.25, 0.3) is 0 Å². The summed E-state index contributed by atoms with van der Waals surface area (Å²) in [5, 5.41) is 8.55. The third-order valence-electron chi connectivity index (χ3n) is 4.69. The zero-order chi connectivity index (χ0) is 22.8. The Balaban J connectivity index is 1.64. The molecule has 0 atom stereocenters. The van der Waals surface area contributed by atoms with Crippen LogP contribution in [-0.2, 0) is 34.8 Å². The molecule has 0 aromatic heterocycles. The summed E-state index contributed by atoms with van der Waals surface area (Å²) in [6.07, 6.45) is 7.38. The van der Waals surface area contributed by atoms with E-state index in [4.69, 9.17) is 33.5 Å². The lowest BCUT2D eigenvalue weighted by atomic mass is 10.1. The van der Waals surface area contributed by atoms with E-state index in [1.165, 1.54) is 37.7 Å². The molecule has 0 aliphatic heterocycles. The first-order chi connectivity index (χ1) is 15.9. The number of aliphatic hydroxyl groups excluding tert-OH is 1. The monoisotopic (exact) mass is 456 g/mol. The number of unbranched alkanes of at least 4 members (excludes halogenated alkanes) is 4. The number of aliphatic hydroxyl groups is 1. The molecule has 1 rings (SSSR count). The average Bonchev–Trinajstić information content (AvgIpc) is 2.82. The predicted molar refractivity (Wildman–Crippen MR) is 125 cm³/mol. The van der Waals surface area contributed by atoms with Gasteiger partial charge in [0.15, 0.2) is 0 Å². The van der Waals surface area contributed by atoms with Crippen LogP contribution in [0, 0.1) is 0 Å². The Hall–Kier alpha value is -1.06. The number of rotatable bonds is 25. The van der Waals surface area contributed by atoms with E-state index in [0.29, 0.717) is 72.7 Å². The maximum Gasteiger partial charge on any atom is 0.0701 e. The number of ether oxygens (including phenoxy) is 6. The van der Waals surface area contributed by atoms with E-state index in [1.807, 2.05) is 0 Å². The first-order valence-electron chi connectivity index (χ1n) is 12.0. The Bertz CT molecular complexity index is 473. The highest BCUT2D eigenvalue weighted by Gasteiger charge is 1.96. The fraction of sp³-hybridized carbons (Fsp3) is 0.760. The maximum absolute atomic E-state index is 8.55. The molecule has 0 spiro atoms. The summed E-state index contributed by atoms with van der Waals surface area (Å²) in [5.41, 5.74) is 1.44. The van der Waals surface area contributed by atoms with Gasteiger partial charge in [-0.1, -0.05) is 49.6 Å². The Labute approximate surface area is 194 Å². The molecule has 1 aromatic carbocycles. The maximum atomic E-state index is 8.55. The summed E-state index contributed by atoms with van der Waals surface area (Å²) in [6, 6.07) is 10.7. The molecule has 186 valence electrons. The van der Waals surface area contributed by atoms with Crippen LogP contribution in [0.4, 0.5) is 0 Å². The van der Waals surface area contributed by atoms with E-state index in [0.717, 1.165) is 13.0 Å². The van der Waals surface area contributed by atoms with Crippen molar-refractivity contribution in [1.29, 1.82) is 0 Å². The third kappa shape index (κ3) is 20.8. The summed E-state index contributed by atoms with van der Waals surface area (Å²) in [5.74, 6) is 0. The summed E-state index contributed by atoms with van der Waals surface area (Å²) in [6.45, 7) is 6.73. The number of benzene rings is 1. The van der Waals surface area contributed by atoms with Gasteiger partial charge < -0.3 is 33.5 Å². The molecular formula is C25H44O7. The zero-order valence-electron chi connectivity index (χ0n) is 19.7. The van der Waals surface area contributed by atoms with Crippen molar-refractivity contribution in [2.75, 3.05) is 85.9 Å². The van der Waals surface area contributed by atoms with E-state index < -0.39 is 0 Å². The van der Waals surface area contributed by atoms with Gasteiger partial charge in [-0.15, -0.1) is 0 Å². The molecule has 0 bridgehead atoms. The Morgan fingerprint density at radius 3 is 1.34 bits per heavy atom. The lowest BCUT2D eigenvalue weighted by molar-refractivity contribution is -0.0182. The van der Waals surface area contributed by atoms with Crippen molar-refractivity contribution < 1.29 is 33.5 Å². The van der Waals surface area contributed by atoms with Crippen LogP contribution in [0.1, 0.15) is 37.7 Å². The van der Waals surface area contributed by atoms with E-state index in [9.17, 15) is 0 Å². The zero-order valence-corrected chi connectivity index (χ0v) is 19.7. The van der Waals surface area contributed by atoms with Gasteiger partial charge in [-0.25, -0.2) is 0 Å². The van der Waals surface area contributed by atoms with Crippen LogP contribution in [0.3, 0.4) is 0 Å². The van der Waals surface area contributed by atoms with Crippen molar-refractivity contribution in [3.63, 3.8) is 0 Å². The first kappa shape index (κ1) is 29.0. The first-order valence-corrected chi connectivity index (χ1v) is 12.0. The van der Waals surface area contributed by atoms with Crippen LogP contribution in [0.5, 0.6) is 0 Å². The van der Waals surface area contributed by atoms with E-state index >= 15 is 0 Å². The SMILES string of the molecule is OCCOCCOCCOCCOCCOCCOCCCCCCCc1ccccc1. The molecule has 0 unspecified atom stereocenters. The van der Waals surface area contributed by atoms with Crippen molar-refractivity contribution in [3.05, 3.63) is 35.9 Å². The van der Waals surface area contributed by atoms with Crippen LogP contribution < -0.4 is 0 Å². The van der Waals surface area contributed by atoms with Gasteiger partial charge >= 0.3 is 0 Å². The molecule has 0 aliphatic rings. The fourth-order valence-electron chi connectivity index (χ4n) is 2.97. The predicted octanol–water partition coefficient (Wildman–Crippen LogP) is 3.27. The van der Waals surface area contributed by atoms with Crippen molar-refractivity contribution in [1.82, 2.24) is 0 Å². The quantitative estimate of drug-likeness (QED) is 0.226. The summed E-state index contributed by atoms with van der Waals surface area (Å²) >= 11 is 0. The normalized spacial score (nSPS) is 11.3. The molecule has 7 heteroatoms. The summed E-state index contributed by atoms with van der Waals surface area (Å²) < 4.78 is 32.4. The van der Waals surface area contributed by atoms with Gasteiger partial charge in [0, 0.05) is 6.61 Å². The van der Waals surface area contributed by atoms with Crippen LogP contribution >= 0.6 is 0 Å². The molecule has 0 amide bonds. The van der Waals surface area contributed by atoms with Crippen molar-refractivity contribution >= 4 is 0 Å². The Kier molecular flexibility index (Phi) is 22.3. The summed E-state index contributed by atoms with van der Waals surface area (Å²) in [4.78, 5) is 0. The summed E-state index contributed by atoms with van der Waals surface area (Å²) in [7, 11) is 0. The lowest BCUT2D eigenvalue weighted by Crippen LogP contribution is -2.14. The Morgan fingerprint density at radius 1 is 0.438 bits per heavy atom. The Morgan fingerprint density at radius 2 is 0.844 bits per heavy atom. The van der Waals surface area contributed by atoms with Gasteiger partial charge in [-0.05, 0) is 24.8 Å². The molecule has 0 heterocycles. The molecule has 32 heavy (non-hydrogen) atoms. The molecule has 0 fully saturated rings. The highest BCUT2D eigenvalue weighted by molar-refractivity contribution is 5.14. The minimum absolute atomic E-state index is 0.0401. The van der Waals surface area contributed by atoms with Gasteiger partial charge in [0.05, 0.1) is 79.3 Å².